The Morgan fingerprint density at radius 1 is 1.33 bits per heavy atom. The van der Waals surface area contributed by atoms with E-state index in [4.69, 9.17) is 5.11 Å². The van der Waals surface area contributed by atoms with Crippen LogP contribution in [-0.2, 0) is 0 Å². The van der Waals surface area contributed by atoms with E-state index < -0.39 is 12.5 Å². The SMILES string of the molecule is O=C(O)c1ccc2ccn(C(F)F)c2c1. The van der Waals surface area contributed by atoms with Crippen molar-refractivity contribution in [3.63, 3.8) is 0 Å². The number of fused-ring (bicyclic) bond motifs is 1. The van der Waals surface area contributed by atoms with Gasteiger partial charge in [0, 0.05) is 6.20 Å². The third-order valence-corrected chi connectivity index (χ3v) is 2.18. The Labute approximate surface area is 83.5 Å². The number of benzene rings is 1. The normalized spacial score (nSPS) is 11.1. The zero-order chi connectivity index (χ0) is 11.0. The molecule has 0 bridgehead atoms. The summed E-state index contributed by atoms with van der Waals surface area (Å²) in [5.74, 6) is -1.13. The van der Waals surface area contributed by atoms with Gasteiger partial charge in [0.15, 0.2) is 0 Å². The first-order valence-electron chi connectivity index (χ1n) is 4.21. The molecule has 1 aromatic carbocycles. The van der Waals surface area contributed by atoms with Crippen LogP contribution in [0.3, 0.4) is 0 Å². The van der Waals surface area contributed by atoms with Crippen molar-refractivity contribution >= 4 is 16.9 Å². The molecule has 1 heterocycles. The van der Waals surface area contributed by atoms with Gasteiger partial charge >= 0.3 is 12.5 Å². The fraction of sp³-hybridized carbons (Fsp3) is 0.100. The van der Waals surface area contributed by atoms with Gasteiger partial charge in [-0.3, -0.25) is 4.57 Å². The highest BCUT2D eigenvalue weighted by Gasteiger charge is 2.11. The fourth-order valence-electron chi connectivity index (χ4n) is 1.45. The number of carboxylic acid groups (broad SMARTS) is 1. The Balaban J connectivity index is 2.66. The molecule has 0 saturated heterocycles. The molecular formula is C10H7F2NO2. The molecule has 0 atom stereocenters. The minimum atomic E-state index is -2.66. The van der Waals surface area contributed by atoms with E-state index in [-0.39, 0.29) is 11.1 Å². The molecule has 0 aliphatic heterocycles. The second kappa shape index (κ2) is 3.34. The van der Waals surface area contributed by atoms with Crippen LogP contribution in [0.2, 0.25) is 0 Å². The molecule has 0 radical (unpaired) electrons. The number of carboxylic acids is 1. The first-order valence-corrected chi connectivity index (χ1v) is 4.21. The second-order valence-electron chi connectivity index (χ2n) is 3.08. The van der Waals surface area contributed by atoms with Crippen LogP contribution < -0.4 is 0 Å². The number of carbonyl (C=O) groups is 1. The first-order chi connectivity index (χ1) is 7.09. The van der Waals surface area contributed by atoms with Crippen LogP contribution >= 0.6 is 0 Å². The van der Waals surface area contributed by atoms with Crippen molar-refractivity contribution in [3.8, 4) is 0 Å². The van der Waals surface area contributed by atoms with Crippen LogP contribution in [0.25, 0.3) is 10.9 Å². The van der Waals surface area contributed by atoms with Crippen molar-refractivity contribution in [3.05, 3.63) is 36.0 Å². The lowest BCUT2D eigenvalue weighted by Crippen LogP contribution is -1.99. The van der Waals surface area contributed by atoms with Gasteiger partial charge in [0.25, 0.3) is 0 Å². The molecular weight excluding hydrogens is 204 g/mol. The molecule has 0 aliphatic rings. The van der Waals surface area contributed by atoms with E-state index in [1.807, 2.05) is 0 Å². The maximum atomic E-state index is 12.5. The molecule has 0 spiro atoms. The van der Waals surface area contributed by atoms with E-state index in [1.165, 1.54) is 30.5 Å². The van der Waals surface area contributed by atoms with Gasteiger partial charge in [-0.2, -0.15) is 8.78 Å². The highest BCUT2D eigenvalue weighted by Crippen LogP contribution is 2.22. The molecule has 78 valence electrons. The van der Waals surface area contributed by atoms with Crippen molar-refractivity contribution in [1.82, 2.24) is 4.57 Å². The predicted octanol–water partition coefficient (Wildman–Crippen LogP) is 2.73. The number of nitrogens with zero attached hydrogens (tertiary/aromatic N) is 1. The highest BCUT2D eigenvalue weighted by molar-refractivity contribution is 5.93. The summed E-state index contributed by atoms with van der Waals surface area (Å²) in [4.78, 5) is 10.7. The Morgan fingerprint density at radius 2 is 2.07 bits per heavy atom. The fourth-order valence-corrected chi connectivity index (χ4v) is 1.45. The standard InChI is InChI=1S/C10H7F2NO2/c11-10(12)13-4-3-6-1-2-7(9(14)15)5-8(6)13/h1-5,10H,(H,14,15). The quantitative estimate of drug-likeness (QED) is 0.829. The average molecular weight is 211 g/mol. The highest BCUT2D eigenvalue weighted by atomic mass is 19.3. The van der Waals surface area contributed by atoms with Crippen molar-refractivity contribution in [1.29, 1.82) is 0 Å². The van der Waals surface area contributed by atoms with E-state index in [9.17, 15) is 13.6 Å². The third-order valence-electron chi connectivity index (χ3n) is 2.18. The topological polar surface area (TPSA) is 42.2 Å². The number of aromatic nitrogens is 1. The monoisotopic (exact) mass is 211 g/mol. The average Bonchev–Trinajstić information content (AvgIpc) is 2.59. The minimum absolute atomic E-state index is 0.00287. The molecule has 0 amide bonds. The van der Waals surface area contributed by atoms with Gasteiger partial charge in [-0.05, 0) is 23.6 Å². The lowest BCUT2D eigenvalue weighted by atomic mass is 10.2. The number of alkyl halides is 2. The summed E-state index contributed by atoms with van der Waals surface area (Å²) < 4.78 is 25.7. The van der Waals surface area contributed by atoms with Crippen LogP contribution in [0.4, 0.5) is 8.78 Å². The second-order valence-corrected chi connectivity index (χ2v) is 3.08. The van der Waals surface area contributed by atoms with E-state index in [1.54, 1.807) is 0 Å². The summed E-state index contributed by atoms with van der Waals surface area (Å²) in [5, 5.41) is 9.31. The zero-order valence-corrected chi connectivity index (χ0v) is 7.52. The van der Waals surface area contributed by atoms with Crippen LogP contribution in [0.5, 0.6) is 0 Å². The minimum Gasteiger partial charge on any atom is -0.478 e. The summed E-state index contributed by atoms with van der Waals surface area (Å²) in [6.45, 7) is -2.66. The molecule has 0 aliphatic carbocycles. The van der Waals surface area contributed by atoms with E-state index in [0.29, 0.717) is 5.39 Å². The Kier molecular flexibility index (Phi) is 2.15. The van der Waals surface area contributed by atoms with Crippen LogP contribution in [0.15, 0.2) is 30.5 Å². The van der Waals surface area contributed by atoms with E-state index in [2.05, 4.69) is 0 Å². The lowest BCUT2D eigenvalue weighted by Gasteiger charge is -2.03. The maximum Gasteiger partial charge on any atom is 0.335 e. The van der Waals surface area contributed by atoms with Crippen molar-refractivity contribution in [2.75, 3.05) is 0 Å². The number of hydrogen-bond donors (Lipinski definition) is 1. The van der Waals surface area contributed by atoms with Gasteiger partial charge in [-0.1, -0.05) is 6.07 Å². The van der Waals surface area contributed by atoms with Crippen molar-refractivity contribution < 1.29 is 18.7 Å². The summed E-state index contributed by atoms with van der Waals surface area (Å²) in [7, 11) is 0. The lowest BCUT2D eigenvalue weighted by molar-refractivity contribution is 0.0692. The summed E-state index contributed by atoms with van der Waals surface area (Å²) in [6.07, 6.45) is 1.24. The van der Waals surface area contributed by atoms with Gasteiger partial charge in [0.1, 0.15) is 0 Å². The van der Waals surface area contributed by atoms with Gasteiger partial charge in [-0.15, -0.1) is 0 Å². The first kappa shape index (κ1) is 9.64. The molecule has 2 aromatic rings. The van der Waals surface area contributed by atoms with Gasteiger partial charge in [-0.25, -0.2) is 4.79 Å². The Bertz CT molecular complexity index is 519. The number of halogens is 2. The summed E-state index contributed by atoms with van der Waals surface area (Å²) in [5.41, 5.74) is 0.230. The summed E-state index contributed by atoms with van der Waals surface area (Å²) >= 11 is 0. The largest absolute Gasteiger partial charge is 0.478 e. The number of hydrogen-bond acceptors (Lipinski definition) is 1. The van der Waals surface area contributed by atoms with E-state index in [0.717, 1.165) is 4.57 Å². The molecule has 1 aromatic heterocycles. The Hall–Kier alpha value is -1.91. The molecule has 5 heteroatoms. The molecule has 0 fully saturated rings. The number of rotatable bonds is 2. The van der Waals surface area contributed by atoms with E-state index >= 15 is 0 Å². The van der Waals surface area contributed by atoms with Crippen molar-refractivity contribution in [2.45, 2.75) is 6.55 Å². The smallest absolute Gasteiger partial charge is 0.335 e. The molecule has 15 heavy (non-hydrogen) atoms. The predicted molar refractivity (Wildman–Crippen MR) is 50.2 cm³/mol. The zero-order valence-electron chi connectivity index (χ0n) is 7.52. The van der Waals surface area contributed by atoms with Crippen LogP contribution in [0.1, 0.15) is 16.9 Å². The van der Waals surface area contributed by atoms with Gasteiger partial charge in [0.2, 0.25) is 0 Å². The maximum absolute atomic E-state index is 12.5. The van der Waals surface area contributed by atoms with Crippen molar-refractivity contribution in [2.24, 2.45) is 0 Å². The van der Waals surface area contributed by atoms with Crippen LogP contribution in [-0.4, -0.2) is 15.6 Å². The molecule has 1 N–H and O–H groups in total. The van der Waals surface area contributed by atoms with Crippen LogP contribution in [0, 0.1) is 0 Å². The summed E-state index contributed by atoms with van der Waals surface area (Å²) in [6, 6.07) is 5.66. The number of aromatic carboxylic acids is 1. The third kappa shape index (κ3) is 1.56. The van der Waals surface area contributed by atoms with Gasteiger partial charge in [0.05, 0.1) is 11.1 Å². The molecule has 3 nitrogen and oxygen atoms in total. The molecule has 0 unspecified atom stereocenters. The Morgan fingerprint density at radius 3 is 2.67 bits per heavy atom. The molecule has 2 rings (SSSR count). The van der Waals surface area contributed by atoms with Gasteiger partial charge < -0.3 is 5.11 Å². The molecule has 0 saturated carbocycles.